The van der Waals surface area contributed by atoms with Crippen LogP contribution in [0.2, 0.25) is 5.02 Å². The van der Waals surface area contributed by atoms with Crippen LogP contribution in [-0.4, -0.2) is 36.2 Å². The number of benzene rings is 2. The normalized spacial score (nSPS) is 15.2. The summed E-state index contributed by atoms with van der Waals surface area (Å²) >= 11 is 5.92. The van der Waals surface area contributed by atoms with Crippen molar-refractivity contribution in [3.05, 3.63) is 80.6 Å². The van der Waals surface area contributed by atoms with Crippen molar-refractivity contribution in [2.45, 2.75) is 19.6 Å². The van der Waals surface area contributed by atoms with Crippen LogP contribution in [0.15, 0.2) is 53.5 Å². The van der Waals surface area contributed by atoms with Crippen molar-refractivity contribution < 1.29 is 4.74 Å². The molecule has 0 aliphatic carbocycles. The smallest absolute Gasteiger partial charge is 0.193 e. The lowest BCUT2D eigenvalue weighted by molar-refractivity contribution is 0.0342. The van der Waals surface area contributed by atoms with E-state index in [2.05, 4.69) is 21.3 Å². The zero-order valence-electron chi connectivity index (χ0n) is 15.7. The van der Waals surface area contributed by atoms with Gasteiger partial charge in [-0.05, 0) is 35.4 Å². The lowest BCUT2D eigenvalue weighted by atomic mass is 10.1. The molecule has 2 aromatic carbocycles. The van der Waals surface area contributed by atoms with Crippen LogP contribution in [-0.2, 0) is 24.4 Å². The van der Waals surface area contributed by atoms with Gasteiger partial charge in [-0.25, -0.2) is 0 Å². The fraction of sp³-hybridized carbons (Fsp3) is 0.318. The van der Waals surface area contributed by atoms with E-state index in [4.69, 9.17) is 16.3 Å². The molecule has 2 N–H and O–H groups in total. The number of fused-ring (bicyclic) bond motifs is 1. The Morgan fingerprint density at radius 1 is 1.04 bits per heavy atom. The summed E-state index contributed by atoms with van der Waals surface area (Å²) in [5, 5.41) is 4.81. The molecule has 0 bridgehead atoms. The first-order valence-corrected chi connectivity index (χ1v) is 9.95. The Bertz CT molecular complexity index is 995. The first-order chi connectivity index (χ1) is 13.7. The maximum absolute atomic E-state index is 12.9. The van der Waals surface area contributed by atoms with Gasteiger partial charge in [0.25, 0.3) is 0 Å². The van der Waals surface area contributed by atoms with Gasteiger partial charge in [-0.15, -0.1) is 0 Å². The molecule has 4 rings (SSSR count). The van der Waals surface area contributed by atoms with Gasteiger partial charge >= 0.3 is 0 Å². The van der Waals surface area contributed by atoms with Crippen molar-refractivity contribution in [3.8, 4) is 0 Å². The number of nitrogens with one attached hydrogen (secondary N) is 2. The van der Waals surface area contributed by atoms with Crippen LogP contribution in [0.3, 0.4) is 0 Å². The highest BCUT2D eigenvalue weighted by Crippen LogP contribution is 2.14. The minimum absolute atomic E-state index is 0.0844. The molecule has 5 nitrogen and oxygen atoms in total. The molecule has 0 radical (unpaired) electrons. The topological polar surface area (TPSA) is 57.4 Å². The lowest BCUT2D eigenvalue weighted by Crippen LogP contribution is -2.35. The summed E-state index contributed by atoms with van der Waals surface area (Å²) in [5.74, 6) is 0. The molecule has 0 atom stereocenters. The molecule has 1 aliphatic heterocycles. The predicted molar refractivity (Wildman–Crippen MR) is 113 cm³/mol. The number of aromatic amines is 1. The molecule has 1 aromatic heterocycles. The van der Waals surface area contributed by atoms with Crippen LogP contribution < -0.4 is 10.7 Å². The minimum atomic E-state index is 0.0844. The third-order valence-electron chi connectivity index (χ3n) is 5.09. The van der Waals surface area contributed by atoms with Crippen LogP contribution in [0.4, 0.5) is 0 Å². The SMILES string of the molecule is O=c1c(CNCc2ccc(Cl)cc2)c[nH]c2ccc(CN3CCOCC3)cc12. The summed E-state index contributed by atoms with van der Waals surface area (Å²) in [6.45, 7) is 5.46. The molecular weight excluding hydrogens is 374 g/mol. The average molecular weight is 398 g/mol. The van der Waals surface area contributed by atoms with Crippen molar-refractivity contribution in [1.29, 1.82) is 0 Å². The van der Waals surface area contributed by atoms with Gasteiger partial charge in [0, 0.05) is 60.4 Å². The largest absolute Gasteiger partial charge is 0.379 e. The Hall–Kier alpha value is -2.18. The van der Waals surface area contributed by atoms with Crippen molar-refractivity contribution in [2.24, 2.45) is 0 Å². The zero-order valence-corrected chi connectivity index (χ0v) is 16.5. The van der Waals surface area contributed by atoms with Gasteiger partial charge in [0.2, 0.25) is 0 Å². The van der Waals surface area contributed by atoms with Gasteiger partial charge in [-0.2, -0.15) is 0 Å². The molecular formula is C22H24ClN3O2. The van der Waals surface area contributed by atoms with Gasteiger partial charge in [-0.1, -0.05) is 29.8 Å². The number of hydrogen-bond donors (Lipinski definition) is 2. The van der Waals surface area contributed by atoms with Crippen molar-refractivity contribution in [2.75, 3.05) is 26.3 Å². The Kier molecular flexibility index (Phi) is 6.07. The Morgan fingerprint density at radius 2 is 1.79 bits per heavy atom. The summed E-state index contributed by atoms with van der Waals surface area (Å²) in [4.78, 5) is 18.6. The van der Waals surface area contributed by atoms with E-state index in [9.17, 15) is 4.79 Å². The van der Waals surface area contributed by atoms with Crippen molar-refractivity contribution in [3.63, 3.8) is 0 Å². The fourth-order valence-electron chi connectivity index (χ4n) is 3.50. The summed E-state index contributed by atoms with van der Waals surface area (Å²) in [5.41, 5.74) is 3.99. The molecule has 2 heterocycles. The van der Waals surface area contributed by atoms with E-state index in [-0.39, 0.29) is 5.43 Å². The Balaban J connectivity index is 1.46. The van der Waals surface area contributed by atoms with Crippen molar-refractivity contribution >= 4 is 22.5 Å². The number of morpholine rings is 1. The maximum atomic E-state index is 12.9. The summed E-state index contributed by atoms with van der Waals surface area (Å²) in [7, 11) is 0. The molecule has 1 aliphatic rings. The monoisotopic (exact) mass is 397 g/mol. The second kappa shape index (κ2) is 8.88. The molecule has 1 fully saturated rings. The number of hydrogen-bond acceptors (Lipinski definition) is 4. The Labute approximate surface area is 169 Å². The number of nitrogens with zero attached hydrogens (tertiary/aromatic N) is 1. The molecule has 1 saturated heterocycles. The van der Waals surface area contributed by atoms with Gasteiger partial charge in [-0.3, -0.25) is 9.69 Å². The van der Waals surface area contributed by atoms with Crippen LogP contribution in [0.25, 0.3) is 10.9 Å². The van der Waals surface area contributed by atoms with E-state index in [0.29, 0.717) is 13.1 Å². The molecule has 146 valence electrons. The fourth-order valence-corrected chi connectivity index (χ4v) is 3.63. The van der Waals surface area contributed by atoms with E-state index in [1.54, 1.807) is 6.20 Å². The number of pyridine rings is 1. The van der Waals surface area contributed by atoms with E-state index in [0.717, 1.165) is 65.5 Å². The third-order valence-corrected chi connectivity index (χ3v) is 5.34. The average Bonchev–Trinajstić information content (AvgIpc) is 2.72. The lowest BCUT2D eigenvalue weighted by Gasteiger charge is -2.26. The minimum Gasteiger partial charge on any atom is -0.379 e. The van der Waals surface area contributed by atoms with Crippen LogP contribution >= 0.6 is 11.6 Å². The van der Waals surface area contributed by atoms with Gasteiger partial charge in [0.15, 0.2) is 5.43 Å². The standard InChI is InChI=1S/C22H24ClN3O2/c23-19-4-1-16(2-5-19)12-24-13-18-14-25-21-6-3-17(11-20(21)22(18)27)15-26-7-9-28-10-8-26/h1-6,11,14,24H,7-10,12-13,15H2,(H,25,27). The second-order valence-corrected chi connectivity index (χ2v) is 7.58. The highest BCUT2D eigenvalue weighted by Gasteiger charge is 2.12. The zero-order chi connectivity index (χ0) is 19.3. The molecule has 0 amide bonds. The molecule has 0 unspecified atom stereocenters. The van der Waals surface area contributed by atoms with E-state index in [1.807, 2.05) is 36.4 Å². The molecule has 0 spiro atoms. The summed E-state index contributed by atoms with van der Waals surface area (Å²) < 4.78 is 5.41. The van der Waals surface area contributed by atoms with E-state index in [1.165, 1.54) is 0 Å². The number of aromatic nitrogens is 1. The van der Waals surface area contributed by atoms with Gasteiger partial charge in [0.05, 0.1) is 13.2 Å². The van der Waals surface area contributed by atoms with Crippen LogP contribution in [0, 0.1) is 0 Å². The quantitative estimate of drug-likeness (QED) is 0.670. The number of H-pyrrole nitrogens is 1. The van der Waals surface area contributed by atoms with Crippen molar-refractivity contribution in [1.82, 2.24) is 15.2 Å². The first kappa shape index (κ1) is 19.2. The van der Waals surface area contributed by atoms with E-state index >= 15 is 0 Å². The van der Waals surface area contributed by atoms with Crippen LogP contribution in [0.5, 0.6) is 0 Å². The summed E-state index contributed by atoms with van der Waals surface area (Å²) in [6, 6.07) is 13.8. The third kappa shape index (κ3) is 4.62. The Morgan fingerprint density at radius 3 is 2.57 bits per heavy atom. The van der Waals surface area contributed by atoms with E-state index < -0.39 is 0 Å². The van der Waals surface area contributed by atoms with Crippen LogP contribution in [0.1, 0.15) is 16.7 Å². The number of rotatable bonds is 6. The molecule has 6 heteroatoms. The first-order valence-electron chi connectivity index (χ1n) is 9.57. The number of ether oxygens (including phenoxy) is 1. The van der Waals surface area contributed by atoms with Gasteiger partial charge in [0.1, 0.15) is 0 Å². The molecule has 0 saturated carbocycles. The predicted octanol–water partition coefficient (Wildman–Crippen LogP) is 3.30. The molecule has 3 aromatic rings. The molecule has 28 heavy (non-hydrogen) atoms. The second-order valence-electron chi connectivity index (χ2n) is 7.14. The van der Waals surface area contributed by atoms with Gasteiger partial charge < -0.3 is 15.0 Å². The highest BCUT2D eigenvalue weighted by atomic mass is 35.5. The number of halogens is 1. The maximum Gasteiger partial charge on any atom is 0.193 e. The highest BCUT2D eigenvalue weighted by molar-refractivity contribution is 6.30. The summed E-state index contributed by atoms with van der Waals surface area (Å²) in [6.07, 6.45) is 1.81.